The molecule has 0 saturated carbocycles. The van der Waals surface area contributed by atoms with Gasteiger partial charge in [-0.3, -0.25) is 0 Å². The van der Waals surface area contributed by atoms with Crippen LogP contribution in [0.3, 0.4) is 0 Å². The largest absolute Gasteiger partial charge is 0.323 e. The van der Waals surface area contributed by atoms with Crippen molar-refractivity contribution in [3.05, 3.63) is 34.2 Å². The van der Waals surface area contributed by atoms with Gasteiger partial charge in [0.1, 0.15) is 0 Å². The maximum absolute atomic E-state index is 11.2. The number of halogens is 1. The maximum Gasteiger partial charge on any atom is 0.323 e. The van der Waals surface area contributed by atoms with E-state index in [1.807, 2.05) is 12.1 Å². The van der Waals surface area contributed by atoms with Crippen molar-refractivity contribution in [3.8, 4) is 0 Å². The SMILES string of the molecule is CC(C)CCC(Br)c1ccc2[nH]c(=O)[nH]c2c1. The fourth-order valence-electron chi connectivity index (χ4n) is 1.89. The van der Waals surface area contributed by atoms with Crippen LogP contribution in [-0.2, 0) is 0 Å². The normalized spacial score (nSPS) is 13.4. The lowest BCUT2D eigenvalue weighted by Gasteiger charge is -2.11. The number of fused-ring (bicyclic) bond motifs is 1. The number of rotatable bonds is 4. The summed E-state index contributed by atoms with van der Waals surface area (Å²) in [7, 11) is 0. The highest BCUT2D eigenvalue weighted by Gasteiger charge is 2.09. The molecule has 0 fully saturated rings. The Kier molecular flexibility index (Phi) is 3.72. The molecule has 0 bridgehead atoms. The zero-order chi connectivity index (χ0) is 12.4. The molecule has 2 rings (SSSR count). The van der Waals surface area contributed by atoms with Crippen molar-refractivity contribution in [2.45, 2.75) is 31.5 Å². The molecular weight excluding hydrogens is 280 g/mol. The predicted octanol–water partition coefficient (Wildman–Crippen LogP) is 3.73. The highest BCUT2D eigenvalue weighted by Crippen LogP contribution is 2.30. The molecule has 92 valence electrons. The van der Waals surface area contributed by atoms with Crippen molar-refractivity contribution in [1.82, 2.24) is 9.97 Å². The van der Waals surface area contributed by atoms with E-state index >= 15 is 0 Å². The number of aromatic amines is 2. The third-order valence-corrected chi connectivity index (χ3v) is 3.89. The number of hydrogen-bond acceptors (Lipinski definition) is 1. The quantitative estimate of drug-likeness (QED) is 0.830. The minimum atomic E-state index is -0.148. The Bertz CT molecular complexity index is 556. The van der Waals surface area contributed by atoms with Crippen LogP contribution in [0.4, 0.5) is 0 Å². The first-order valence-corrected chi connectivity index (χ1v) is 6.84. The highest BCUT2D eigenvalue weighted by atomic mass is 79.9. The average Bonchev–Trinajstić information content (AvgIpc) is 2.64. The monoisotopic (exact) mass is 296 g/mol. The summed E-state index contributed by atoms with van der Waals surface area (Å²) in [6, 6.07) is 6.05. The van der Waals surface area contributed by atoms with Gasteiger partial charge in [-0.1, -0.05) is 35.8 Å². The van der Waals surface area contributed by atoms with E-state index in [4.69, 9.17) is 0 Å². The summed E-state index contributed by atoms with van der Waals surface area (Å²) in [5, 5.41) is 0. The van der Waals surface area contributed by atoms with Crippen LogP contribution in [0.2, 0.25) is 0 Å². The fourth-order valence-corrected chi connectivity index (χ4v) is 2.44. The second-order valence-corrected chi connectivity index (χ2v) is 5.93. The van der Waals surface area contributed by atoms with Crippen LogP contribution in [0.1, 0.15) is 37.1 Å². The number of aromatic nitrogens is 2. The molecule has 0 aliphatic heterocycles. The third-order valence-electron chi connectivity index (χ3n) is 2.90. The summed E-state index contributed by atoms with van der Waals surface area (Å²) in [5.41, 5.74) is 2.81. The molecule has 0 aliphatic rings. The lowest BCUT2D eigenvalue weighted by Crippen LogP contribution is -1.99. The van der Waals surface area contributed by atoms with Crippen LogP contribution in [0, 0.1) is 5.92 Å². The Balaban J connectivity index is 2.20. The minimum absolute atomic E-state index is 0.148. The van der Waals surface area contributed by atoms with Crippen molar-refractivity contribution in [2.75, 3.05) is 0 Å². The van der Waals surface area contributed by atoms with Gasteiger partial charge in [-0.25, -0.2) is 4.79 Å². The Morgan fingerprint density at radius 3 is 2.59 bits per heavy atom. The van der Waals surface area contributed by atoms with Gasteiger partial charge in [0.15, 0.2) is 0 Å². The summed E-state index contributed by atoms with van der Waals surface area (Å²) >= 11 is 3.70. The first-order valence-electron chi connectivity index (χ1n) is 5.92. The molecule has 1 aromatic heterocycles. The van der Waals surface area contributed by atoms with Gasteiger partial charge < -0.3 is 9.97 Å². The van der Waals surface area contributed by atoms with Crippen LogP contribution in [0.5, 0.6) is 0 Å². The van der Waals surface area contributed by atoms with E-state index in [0.717, 1.165) is 17.5 Å². The molecule has 1 aromatic carbocycles. The Hall–Kier alpha value is -1.03. The number of nitrogens with one attached hydrogen (secondary N) is 2. The second-order valence-electron chi connectivity index (χ2n) is 4.82. The number of H-pyrrole nitrogens is 2. The summed E-state index contributed by atoms with van der Waals surface area (Å²) in [5.74, 6) is 0.714. The predicted molar refractivity (Wildman–Crippen MR) is 74.7 cm³/mol. The van der Waals surface area contributed by atoms with E-state index in [2.05, 4.69) is 45.8 Å². The van der Waals surface area contributed by atoms with Crippen molar-refractivity contribution >= 4 is 27.0 Å². The summed E-state index contributed by atoms with van der Waals surface area (Å²) in [6.07, 6.45) is 2.30. The topological polar surface area (TPSA) is 48.6 Å². The molecule has 0 spiro atoms. The molecule has 4 heteroatoms. The van der Waals surface area contributed by atoms with Crippen LogP contribution in [-0.4, -0.2) is 9.97 Å². The first kappa shape index (κ1) is 12.4. The van der Waals surface area contributed by atoms with Gasteiger partial charge in [0.25, 0.3) is 0 Å². The third kappa shape index (κ3) is 3.00. The van der Waals surface area contributed by atoms with Gasteiger partial charge in [0.05, 0.1) is 11.0 Å². The molecular formula is C13H17BrN2O. The van der Waals surface area contributed by atoms with E-state index in [1.165, 1.54) is 12.0 Å². The number of hydrogen-bond donors (Lipinski definition) is 2. The average molecular weight is 297 g/mol. The molecule has 2 N–H and O–H groups in total. The molecule has 0 amide bonds. The molecule has 0 radical (unpaired) electrons. The Morgan fingerprint density at radius 2 is 1.88 bits per heavy atom. The number of imidazole rings is 1. The van der Waals surface area contributed by atoms with Gasteiger partial charge in [-0.15, -0.1) is 0 Å². The van der Waals surface area contributed by atoms with Crippen molar-refractivity contribution in [1.29, 1.82) is 0 Å². The Labute approximate surface area is 109 Å². The smallest absolute Gasteiger partial charge is 0.306 e. The molecule has 0 saturated heterocycles. The molecule has 1 heterocycles. The number of alkyl halides is 1. The van der Waals surface area contributed by atoms with Gasteiger partial charge in [0.2, 0.25) is 0 Å². The second kappa shape index (κ2) is 5.08. The van der Waals surface area contributed by atoms with Crippen LogP contribution in [0.25, 0.3) is 11.0 Å². The lowest BCUT2D eigenvalue weighted by molar-refractivity contribution is 0.554. The van der Waals surface area contributed by atoms with Crippen LogP contribution < -0.4 is 5.69 Å². The first-order chi connectivity index (χ1) is 8.06. The summed E-state index contributed by atoms with van der Waals surface area (Å²) in [6.45, 7) is 4.46. The fraction of sp³-hybridized carbons (Fsp3) is 0.462. The van der Waals surface area contributed by atoms with Crippen LogP contribution in [0.15, 0.2) is 23.0 Å². The zero-order valence-electron chi connectivity index (χ0n) is 10.1. The molecule has 1 atom stereocenters. The van der Waals surface area contributed by atoms with Gasteiger partial charge in [0, 0.05) is 4.83 Å². The van der Waals surface area contributed by atoms with E-state index in [-0.39, 0.29) is 5.69 Å². The van der Waals surface area contributed by atoms with Gasteiger partial charge in [-0.05, 0) is 36.5 Å². The van der Waals surface area contributed by atoms with E-state index in [9.17, 15) is 4.79 Å². The number of benzene rings is 1. The summed E-state index contributed by atoms with van der Waals surface area (Å²) < 4.78 is 0. The minimum Gasteiger partial charge on any atom is -0.306 e. The highest BCUT2D eigenvalue weighted by molar-refractivity contribution is 9.09. The molecule has 2 aromatic rings. The van der Waals surface area contributed by atoms with E-state index in [0.29, 0.717) is 10.7 Å². The van der Waals surface area contributed by atoms with Crippen molar-refractivity contribution < 1.29 is 0 Å². The van der Waals surface area contributed by atoms with Gasteiger partial charge in [-0.2, -0.15) is 0 Å². The molecule has 3 nitrogen and oxygen atoms in total. The summed E-state index contributed by atoms with van der Waals surface area (Å²) in [4.78, 5) is 17.1. The molecule has 0 aliphatic carbocycles. The molecule has 1 unspecified atom stereocenters. The zero-order valence-corrected chi connectivity index (χ0v) is 11.7. The maximum atomic E-state index is 11.2. The van der Waals surface area contributed by atoms with Crippen molar-refractivity contribution in [2.24, 2.45) is 5.92 Å². The standard InChI is InChI=1S/C13H17BrN2O/c1-8(2)3-5-10(14)9-4-6-11-12(7-9)16-13(17)15-11/h4,6-8,10H,3,5H2,1-2H3,(H2,15,16,17). The van der Waals surface area contributed by atoms with Crippen LogP contribution >= 0.6 is 15.9 Å². The van der Waals surface area contributed by atoms with E-state index < -0.39 is 0 Å². The van der Waals surface area contributed by atoms with Crippen molar-refractivity contribution in [3.63, 3.8) is 0 Å². The Morgan fingerprint density at radius 1 is 1.18 bits per heavy atom. The molecule has 17 heavy (non-hydrogen) atoms. The van der Waals surface area contributed by atoms with E-state index in [1.54, 1.807) is 0 Å². The van der Waals surface area contributed by atoms with Gasteiger partial charge >= 0.3 is 5.69 Å². The lowest BCUT2D eigenvalue weighted by atomic mass is 10.0.